The summed E-state index contributed by atoms with van der Waals surface area (Å²) in [5.74, 6) is -1.45. The van der Waals surface area contributed by atoms with Crippen LogP contribution in [0, 0.1) is 11.6 Å². The van der Waals surface area contributed by atoms with Gasteiger partial charge in [0.25, 0.3) is 0 Å². The van der Waals surface area contributed by atoms with Gasteiger partial charge in [0.05, 0.1) is 6.10 Å². The smallest absolute Gasteiger partial charge is 0.317 e. The molecule has 0 aromatic heterocycles. The minimum absolute atomic E-state index is 0.0504. The highest BCUT2D eigenvalue weighted by atomic mass is 19.1. The van der Waals surface area contributed by atoms with E-state index in [-0.39, 0.29) is 23.6 Å². The zero-order valence-corrected chi connectivity index (χ0v) is 12.1. The van der Waals surface area contributed by atoms with Crippen molar-refractivity contribution in [1.82, 2.24) is 10.2 Å². The van der Waals surface area contributed by atoms with Crippen LogP contribution in [0.3, 0.4) is 0 Å². The molecule has 116 valence electrons. The van der Waals surface area contributed by atoms with Gasteiger partial charge in [-0.2, -0.15) is 0 Å². The Kier molecular flexibility index (Phi) is 4.77. The first kappa shape index (κ1) is 15.7. The van der Waals surface area contributed by atoms with Crippen molar-refractivity contribution in [2.45, 2.75) is 37.8 Å². The Bertz CT molecular complexity index is 502. The van der Waals surface area contributed by atoms with Gasteiger partial charge in [-0.15, -0.1) is 0 Å². The summed E-state index contributed by atoms with van der Waals surface area (Å²) in [7, 11) is 1.62. The van der Waals surface area contributed by atoms with Crippen LogP contribution in [0.25, 0.3) is 0 Å². The van der Waals surface area contributed by atoms with E-state index < -0.39 is 17.7 Å². The molecule has 4 nitrogen and oxygen atoms in total. The maximum Gasteiger partial charge on any atom is 0.317 e. The first-order valence-corrected chi connectivity index (χ1v) is 7.03. The Balaban J connectivity index is 1.88. The highest BCUT2D eigenvalue weighted by molar-refractivity contribution is 5.74. The number of hydrogen-bond donors (Lipinski definition) is 2. The van der Waals surface area contributed by atoms with E-state index >= 15 is 0 Å². The lowest BCUT2D eigenvalue weighted by atomic mass is 10.1. The average molecular weight is 298 g/mol. The predicted molar refractivity (Wildman–Crippen MR) is 75.0 cm³/mol. The number of carbonyl (C=O) groups is 1. The number of nitrogens with zero attached hydrogens (tertiary/aromatic N) is 1. The van der Waals surface area contributed by atoms with Crippen molar-refractivity contribution in [2.75, 3.05) is 13.6 Å². The maximum atomic E-state index is 13.6. The van der Waals surface area contributed by atoms with Crippen molar-refractivity contribution in [3.63, 3.8) is 0 Å². The van der Waals surface area contributed by atoms with Crippen molar-refractivity contribution in [3.8, 4) is 0 Å². The minimum atomic E-state index is -0.570. The summed E-state index contributed by atoms with van der Waals surface area (Å²) in [6.07, 6.45) is 0.551. The van der Waals surface area contributed by atoms with Gasteiger partial charge >= 0.3 is 6.03 Å². The predicted octanol–water partition coefficient (Wildman–Crippen LogP) is 2.23. The number of aliphatic hydroxyl groups excluding tert-OH is 1. The number of carbonyl (C=O) groups excluding carboxylic acids is 1. The molecule has 1 fully saturated rings. The molecule has 0 bridgehead atoms. The van der Waals surface area contributed by atoms with E-state index in [9.17, 15) is 18.7 Å². The van der Waals surface area contributed by atoms with E-state index in [4.69, 9.17) is 0 Å². The number of amides is 2. The Labute approximate surface area is 122 Å². The van der Waals surface area contributed by atoms with Crippen LogP contribution >= 0.6 is 0 Å². The number of nitrogens with one attached hydrogen (secondary N) is 1. The molecule has 2 N–H and O–H groups in total. The molecular weight excluding hydrogens is 278 g/mol. The van der Waals surface area contributed by atoms with Crippen LogP contribution in [0.15, 0.2) is 18.2 Å². The van der Waals surface area contributed by atoms with Gasteiger partial charge in [0, 0.05) is 31.1 Å². The monoisotopic (exact) mass is 298 g/mol. The number of rotatable bonds is 5. The average Bonchev–Trinajstić information content (AvgIpc) is 3.14. The number of benzene rings is 1. The number of urea groups is 1. The molecule has 0 radical (unpaired) electrons. The van der Waals surface area contributed by atoms with E-state index in [1.54, 1.807) is 14.0 Å². The first-order valence-electron chi connectivity index (χ1n) is 7.03. The molecule has 2 rings (SSSR count). The molecule has 2 amide bonds. The summed E-state index contributed by atoms with van der Waals surface area (Å²) in [5.41, 5.74) is 0.0504. The quantitative estimate of drug-likeness (QED) is 0.876. The van der Waals surface area contributed by atoms with Crippen molar-refractivity contribution in [2.24, 2.45) is 0 Å². The van der Waals surface area contributed by atoms with Crippen LogP contribution < -0.4 is 5.32 Å². The highest BCUT2D eigenvalue weighted by Gasteiger charge is 2.43. The fourth-order valence-electron chi connectivity index (χ4n) is 2.29. The van der Waals surface area contributed by atoms with Crippen molar-refractivity contribution in [3.05, 3.63) is 35.4 Å². The summed E-state index contributed by atoms with van der Waals surface area (Å²) in [6.45, 7) is 2.08. The van der Waals surface area contributed by atoms with Gasteiger partial charge in [-0.25, -0.2) is 13.6 Å². The SMILES string of the molecule is CC(O)CCN(C)C(=O)NC1CC1c1c(F)cccc1F. The zero-order valence-electron chi connectivity index (χ0n) is 12.1. The largest absolute Gasteiger partial charge is 0.393 e. The first-order chi connectivity index (χ1) is 9.90. The summed E-state index contributed by atoms with van der Waals surface area (Å²) < 4.78 is 27.3. The van der Waals surface area contributed by atoms with E-state index in [0.29, 0.717) is 19.4 Å². The molecule has 1 aliphatic rings. The van der Waals surface area contributed by atoms with Crippen molar-refractivity contribution < 1.29 is 18.7 Å². The van der Waals surface area contributed by atoms with Crippen molar-refractivity contribution in [1.29, 1.82) is 0 Å². The van der Waals surface area contributed by atoms with Gasteiger partial charge in [-0.05, 0) is 31.9 Å². The normalized spacial score (nSPS) is 21.8. The van der Waals surface area contributed by atoms with Crippen LogP contribution in [-0.4, -0.2) is 41.8 Å². The second kappa shape index (κ2) is 6.39. The standard InChI is InChI=1S/C15H20F2N2O2/c1-9(20)6-7-19(2)15(21)18-13-8-10(13)14-11(16)4-3-5-12(14)17/h3-5,9-10,13,20H,6-8H2,1-2H3,(H,18,21). The van der Waals surface area contributed by atoms with E-state index in [2.05, 4.69) is 5.32 Å². The summed E-state index contributed by atoms with van der Waals surface area (Å²) in [5, 5.41) is 11.9. The molecule has 3 unspecified atom stereocenters. The minimum Gasteiger partial charge on any atom is -0.393 e. The van der Waals surface area contributed by atoms with Crippen LogP contribution in [0.1, 0.15) is 31.2 Å². The molecule has 0 saturated heterocycles. The maximum absolute atomic E-state index is 13.6. The molecule has 6 heteroatoms. The van der Waals surface area contributed by atoms with E-state index in [0.717, 1.165) is 0 Å². The molecule has 21 heavy (non-hydrogen) atoms. The van der Waals surface area contributed by atoms with Crippen LogP contribution in [-0.2, 0) is 0 Å². The molecule has 1 aromatic rings. The fourth-order valence-corrected chi connectivity index (χ4v) is 2.29. The third-order valence-electron chi connectivity index (χ3n) is 3.70. The topological polar surface area (TPSA) is 52.6 Å². The molecular formula is C15H20F2N2O2. The van der Waals surface area contributed by atoms with Gasteiger partial charge in [0.15, 0.2) is 0 Å². The van der Waals surface area contributed by atoms with Crippen molar-refractivity contribution >= 4 is 6.03 Å². The molecule has 0 heterocycles. The van der Waals surface area contributed by atoms with E-state index in [1.165, 1.54) is 23.1 Å². The summed E-state index contributed by atoms with van der Waals surface area (Å²) >= 11 is 0. The Hall–Kier alpha value is -1.69. The van der Waals surface area contributed by atoms with Gasteiger partial charge in [0.2, 0.25) is 0 Å². The Morgan fingerprint density at radius 3 is 2.67 bits per heavy atom. The van der Waals surface area contributed by atoms with Crippen LogP contribution in [0.4, 0.5) is 13.6 Å². The third kappa shape index (κ3) is 3.91. The van der Waals surface area contributed by atoms with Crippen LogP contribution in [0.5, 0.6) is 0 Å². The lowest BCUT2D eigenvalue weighted by Gasteiger charge is -2.18. The van der Waals surface area contributed by atoms with E-state index in [1.807, 2.05) is 0 Å². The fraction of sp³-hybridized carbons (Fsp3) is 0.533. The van der Waals surface area contributed by atoms with Gasteiger partial charge in [-0.3, -0.25) is 0 Å². The summed E-state index contributed by atoms with van der Waals surface area (Å²) in [6, 6.07) is 3.25. The molecule has 1 saturated carbocycles. The summed E-state index contributed by atoms with van der Waals surface area (Å²) in [4.78, 5) is 13.4. The lowest BCUT2D eigenvalue weighted by Crippen LogP contribution is -2.40. The second-order valence-corrected chi connectivity index (χ2v) is 5.59. The zero-order chi connectivity index (χ0) is 15.6. The van der Waals surface area contributed by atoms with Crippen LogP contribution in [0.2, 0.25) is 0 Å². The van der Waals surface area contributed by atoms with Gasteiger partial charge in [-0.1, -0.05) is 6.07 Å². The molecule has 1 aromatic carbocycles. The third-order valence-corrected chi connectivity index (χ3v) is 3.70. The number of halogens is 2. The van der Waals surface area contributed by atoms with Gasteiger partial charge < -0.3 is 15.3 Å². The Morgan fingerprint density at radius 1 is 1.48 bits per heavy atom. The lowest BCUT2D eigenvalue weighted by molar-refractivity contribution is 0.163. The second-order valence-electron chi connectivity index (χ2n) is 5.59. The number of aliphatic hydroxyl groups is 1. The number of hydrogen-bond acceptors (Lipinski definition) is 2. The molecule has 3 atom stereocenters. The molecule has 0 aliphatic heterocycles. The molecule has 1 aliphatic carbocycles. The molecule has 0 spiro atoms. The van der Waals surface area contributed by atoms with Gasteiger partial charge in [0.1, 0.15) is 11.6 Å². The Morgan fingerprint density at radius 2 is 2.10 bits per heavy atom. The highest BCUT2D eigenvalue weighted by Crippen LogP contribution is 2.43.